The molecule has 0 amide bonds. The lowest BCUT2D eigenvalue weighted by Crippen LogP contribution is -2.17. The highest BCUT2D eigenvalue weighted by Gasteiger charge is 2.27. The fourth-order valence-electron chi connectivity index (χ4n) is 3.78. The number of rotatable bonds is 4. The Balaban J connectivity index is 0.000000239. The molecule has 1 aliphatic rings. The number of carbonyl (C=O) groups is 1. The molecule has 3 aromatic rings. The number of sulfone groups is 1. The quantitative estimate of drug-likeness (QED) is 0.593. The second-order valence-corrected chi connectivity index (χ2v) is 10.4. The summed E-state index contributed by atoms with van der Waals surface area (Å²) in [5.41, 5.74) is 2.83. The Bertz CT molecular complexity index is 1150. The molecule has 0 aliphatic carbocycles. The van der Waals surface area contributed by atoms with Crippen LogP contribution in [-0.2, 0) is 21.2 Å². The minimum Gasteiger partial charge on any atom is -0.481 e. The lowest BCUT2D eigenvalue weighted by Gasteiger charge is -2.23. The average Bonchev–Trinajstić information content (AvgIpc) is 3.08. The molecular formula is C22H26N2O4S2. The van der Waals surface area contributed by atoms with Crippen LogP contribution in [0.15, 0.2) is 52.4 Å². The summed E-state index contributed by atoms with van der Waals surface area (Å²) in [5, 5.41) is 9.62. The number of aromatic nitrogens is 2. The van der Waals surface area contributed by atoms with Gasteiger partial charge in [-0.15, -0.1) is 11.8 Å². The van der Waals surface area contributed by atoms with Gasteiger partial charge in [0, 0.05) is 40.9 Å². The Hall–Kier alpha value is -2.32. The van der Waals surface area contributed by atoms with Gasteiger partial charge in [0.2, 0.25) is 0 Å². The number of fused-ring (bicyclic) bond motifs is 3. The number of hydrogen-bond acceptors (Lipinski definition) is 5. The van der Waals surface area contributed by atoms with Gasteiger partial charge in [-0.3, -0.25) is 4.79 Å². The molecule has 3 heterocycles. The zero-order valence-corrected chi connectivity index (χ0v) is 19.0. The minimum absolute atomic E-state index is 0.0600. The van der Waals surface area contributed by atoms with Crippen LogP contribution in [0.1, 0.15) is 36.4 Å². The molecule has 0 spiro atoms. The molecule has 30 heavy (non-hydrogen) atoms. The Morgan fingerprint density at radius 2 is 1.97 bits per heavy atom. The fourth-order valence-corrected chi connectivity index (χ4v) is 5.04. The summed E-state index contributed by atoms with van der Waals surface area (Å²) in [7, 11) is -3.34. The van der Waals surface area contributed by atoms with Crippen molar-refractivity contribution in [2.75, 3.05) is 12.5 Å². The molecule has 1 atom stereocenters. The van der Waals surface area contributed by atoms with E-state index in [1.54, 1.807) is 17.8 Å². The summed E-state index contributed by atoms with van der Waals surface area (Å²) in [5.74, 6) is -0.923. The molecule has 0 fully saturated rings. The SMILES string of the molecule is CS(=O)(=O)c1ccnc2c1cc1n2CCCC1CC(=O)O.CSc1ccc(C)cc1. The van der Waals surface area contributed by atoms with Crippen molar-refractivity contribution < 1.29 is 18.3 Å². The summed E-state index contributed by atoms with van der Waals surface area (Å²) < 4.78 is 25.7. The fraction of sp³-hybridized carbons (Fsp3) is 0.364. The lowest BCUT2D eigenvalue weighted by atomic mass is 9.93. The second kappa shape index (κ2) is 9.22. The van der Waals surface area contributed by atoms with Crippen molar-refractivity contribution in [2.45, 2.75) is 48.4 Å². The molecule has 0 bridgehead atoms. The Kier molecular flexibility index (Phi) is 6.88. The van der Waals surface area contributed by atoms with Gasteiger partial charge in [-0.1, -0.05) is 17.7 Å². The number of aliphatic carboxylic acids is 1. The van der Waals surface area contributed by atoms with E-state index in [9.17, 15) is 13.2 Å². The van der Waals surface area contributed by atoms with E-state index >= 15 is 0 Å². The van der Waals surface area contributed by atoms with E-state index in [1.165, 1.54) is 29.0 Å². The molecule has 1 aliphatic heterocycles. The standard InChI is InChI=1S/C14H16N2O4S.C8H10S/c1-21(19,20)12-4-5-15-14-10(12)8-11-9(7-13(17)18)3-2-6-16(11)14;1-7-3-5-8(9-2)6-4-7/h4-5,8-9H,2-3,6-7H2,1H3,(H,17,18);3-6H,1-2H3. The zero-order valence-electron chi connectivity index (χ0n) is 17.3. The van der Waals surface area contributed by atoms with Crippen LogP contribution in [0, 0.1) is 6.92 Å². The van der Waals surface area contributed by atoms with Gasteiger partial charge < -0.3 is 9.67 Å². The zero-order chi connectivity index (χ0) is 21.9. The van der Waals surface area contributed by atoms with Crippen molar-refractivity contribution in [3.63, 3.8) is 0 Å². The monoisotopic (exact) mass is 446 g/mol. The van der Waals surface area contributed by atoms with Crippen molar-refractivity contribution in [2.24, 2.45) is 0 Å². The third kappa shape index (κ3) is 5.05. The van der Waals surface area contributed by atoms with E-state index in [-0.39, 0.29) is 17.2 Å². The van der Waals surface area contributed by atoms with Crippen molar-refractivity contribution in [3.8, 4) is 0 Å². The van der Waals surface area contributed by atoms with Gasteiger partial charge in [-0.25, -0.2) is 13.4 Å². The van der Waals surface area contributed by atoms with Crippen molar-refractivity contribution in [1.29, 1.82) is 0 Å². The first-order chi connectivity index (χ1) is 14.2. The molecule has 0 radical (unpaired) electrons. The first-order valence-electron chi connectivity index (χ1n) is 9.71. The van der Waals surface area contributed by atoms with Crippen LogP contribution in [0.2, 0.25) is 0 Å². The topological polar surface area (TPSA) is 89.3 Å². The highest BCUT2D eigenvalue weighted by Crippen LogP contribution is 2.36. The van der Waals surface area contributed by atoms with Crippen LogP contribution >= 0.6 is 11.8 Å². The van der Waals surface area contributed by atoms with Gasteiger partial charge in [-0.2, -0.15) is 0 Å². The van der Waals surface area contributed by atoms with Crippen molar-refractivity contribution in [1.82, 2.24) is 9.55 Å². The number of carboxylic acid groups (broad SMARTS) is 1. The smallest absolute Gasteiger partial charge is 0.304 e. The molecule has 8 heteroatoms. The number of carboxylic acids is 1. The molecule has 160 valence electrons. The first kappa shape index (κ1) is 22.4. The van der Waals surface area contributed by atoms with E-state index in [4.69, 9.17) is 5.11 Å². The summed E-state index contributed by atoms with van der Waals surface area (Å²) in [6.45, 7) is 2.85. The highest BCUT2D eigenvalue weighted by molar-refractivity contribution is 7.98. The average molecular weight is 447 g/mol. The van der Waals surface area contributed by atoms with Gasteiger partial charge in [-0.05, 0) is 50.3 Å². The summed E-state index contributed by atoms with van der Waals surface area (Å²) in [6.07, 6.45) is 6.49. The van der Waals surface area contributed by atoms with E-state index in [0.29, 0.717) is 11.0 Å². The molecular weight excluding hydrogens is 420 g/mol. The third-order valence-electron chi connectivity index (χ3n) is 5.22. The van der Waals surface area contributed by atoms with Gasteiger partial charge in [0.05, 0.1) is 11.3 Å². The molecule has 1 unspecified atom stereocenters. The Morgan fingerprint density at radius 3 is 2.57 bits per heavy atom. The van der Waals surface area contributed by atoms with E-state index in [2.05, 4.69) is 42.4 Å². The number of benzene rings is 1. The molecule has 2 aromatic heterocycles. The van der Waals surface area contributed by atoms with Gasteiger partial charge in [0.1, 0.15) is 5.65 Å². The minimum atomic E-state index is -3.34. The molecule has 0 saturated heterocycles. The predicted molar refractivity (Wildman–Crippen MR) is 120 cm³/mol. The van der Waals surface area contributed by atoms with Crippen LogP contribution in [0.4, 0.5) is 0 Å². The van der Waals surface area contributed by atoms with Crippen LogP contribution in [0.5, 0.6) is 0 Å². The maximum absolute atomic E-state index is 11.9. The van der Waals surface area contributed by atoms with Gasteiger partial charge >= 0.3 is 5.97 Å². The normalized spacial score (nSPS) is 15.9. The molecule has 6 nitrogen and oxygen atoms in total. The largest absolute Gasteiger partial charge is 0.481 e. The van der Waals surface area contributed by atoms with Crippen molar-refractivity contribution >= 4 is 38.6 Å². The summed E-state index contributed by atoms with van der Waals surface area (Å²) in [6, 6.07) is 11.8. The summed E-state index contributed by atoms with van der Waals surface area (Å²) >= 11 is 1.78. The maximum Gasteiger partial charge on any atom is 0.304 e. The number of hydrogen-bond donors (Lipinski definition) is 1. The molecule has 0 saturated carbocycles. The predicted octanol–water partition coefficient (Wildman–Crippen LogP) is 4.51. The number of pyridine rings is 1. The molecule has 1 N–H and O–H groups in total. The van der Waals surface area contributed by atoms with E-state index in [1.807, 2.05) is 4.57 Å². The van der Waals surface area contributed by atoms with Crippen LogP contribution < -0.4 is 0 Å². The van der Waals surface area contributed by atoms with Crippen LogP contribution in [0.3, 0.4) is 0 Å². The summed E-state index contributed by atoms with van der Waals surface area (Å²) in [4.78, 5) is 16.9. The number of aryl methyl sites for hydroxylation is 2. The highest BCUT2D eigenvalue weighted by atomic mass is 32.2. The maximum atomic E-state index is 11.9. The number of nitrogens with zero attached hydrogens (tertiary/aromatic N) is 2. The van der Waals surface area contributed by atoms with Crippen molar-refractivity contribution in [3.05, 3.63) is 53.9 Å². The van der Waals surface area contributed by atoms with Gasteiger partial charge in [0.15, 0.2) is 9.84 Å². The third-order valence-corrected chi connectivity index (χ3v) is 7.12. The number of thioether (sulfide) groups is 1. The van der Waals surface area contributed by atoms with Gasteiger partial charge in [0.25, 0.3) is 0 Å². The van der Waals surface area contributed by atoms with Crippen LogP contribution in [0.25, 0.3) is 11.0 Å². The molecule has 1 aromatic carbocycles. The van der Waals surface area contributed by atoms with Crippen LogP contribution in [-0.4, -0.2) is 41.6 Å². The lowest BCUT2D eigenvalue weighted by molar-refractivity contribution is -0.137. The van der Waals surface area contributed by atoms with E-state index < -0.39 is 15.8 Å². The Labute approximate surface area is 181 Å². The van der Waals surface area contributed by atoms with E-state index in [0.717, 1.165) is 25.1 Å². The molecule has 4 rings (SSSR count). The second-order valence-electron chi connectivity index (χ2n) is 7.49. The first-order valence-corrected chi connectivity index (χ1v) is 12.8. The Morgan fingerprint density at radius 1 is 1.27 bits per heavy atom.